The average molecular weight is 323 g/mol. The van der Waals surface area contributed by atoms with Gasteiger partial charge in [0.2, 0.25) is 0 Å². The molecule has 7 heteroatoms. The summed E-state index contributed by atoms with van der Waals surface area (Å²) in [5.74, 6) is -1.20. The molecule has 1 aromatic rings. The third-order valence-corrected chi connectivity index (χ3v) is 3.86. The topological polar surface area (TPSA) is 84.7 Å². The maximum Gasteiger partial charge on any atom is 0.328 e. The van der Waals surface area contributed by atoms with Crippen molar-refractivity contribution in [2.75, 3.05) is 19.8 Å². The fourth-order valence-corrected chi connectivity index (χ4v) is 2.65. The van der Waals surface area contributed by atoms with Crippen molar-refractivity contribution in [3.05, 3.63) is 17.5 Å². The quantitative estimate of drug-likeness (QED) is 0.915. The smallest absolute Gasteiger partial charge is 0.328 e. The number of aromatic nitrogens is 2. The number of rotatable bonds is 3. The van der Waals surface area contributed by atoms with Gasteiger partial charge in [-0.2, -0.15) is 5.10 Å². The molecule has 1 aliphatic rings. The molecule has 7 nitrogen and oxygen atoms in total. The predicted octanol–water partition coefficient (Wildman–Crippen LogP) is 1.69. The fourth-order valence-electron chi connectivity index (χ4n) is 2.65. The van der Waals surface area contributed by atoms with E-state index < -0.39 is 12.0 Å². The van der Waals surface area contributed by atoms with Crippen LogP contribution in [-0.2, 0) is 15.1 Å². The molecule has 1 amide bonds. The van der Waals surface area contributed by atoms with Crippen LogP contribution in [0.25, 0.3) is 0 Å². The monoisotopic (exact) mass is 323 g/mol. The van der Waals surface area contributed by atoms with Gasteiger partial charge < -0.3 is 14.7 Å². The number of hydrogen-bond acceptors (Lipinski definition) is 4. The highest BCUT2D eigenvalue weighted by atomic mass is 16.5. The first kappa shape index (κ1) is 17.5. The second-order valence-corrected chi connectivity index (χ2v) is 7.12. The molecule has 1 fully saturated rings. The van der Waals surface area contributed by atoms with Crippen LogP contribution in [0.4, 0.5) is 0 Å². The highest BCUT2D eigenvalue weighted by Gasteiger charge is 2.35. The molecule has 0 spiro atoms. The molecule has 0 unspecified atom stereocenters. The zero-order valence-electron chi connectivity index (χ0n) is 14.4. The zero-order chi connectivity index (χ0) is 17.4. The van der Waals surface area contributed by atoms with Crippen molar-refractivity contribution >= 4 is 11.9 Å². The van der Waals surface area contributed by atoms with E-state index >= 15 is 0 Å². The molecule has 1 saturated heterocycles. The molecule has 1 atom stereocenters. The van der Waals surface area contributed by atoms with Crippen LogP contribution < -0.4 is 0 Å². The molecule has 1 aromatic heterocycles. The summed E-state index contributed by atoms with van der Waals surface area (Å²) in [6.45, 7) is 10.8. The Kier molecular flexibility index (Phi) is 4.79. The molecule has 1 N–H and O–H groups in total. The standard InChI is InChI=1S/C16H25N3O4/c1-10(2)12-8-11(17-19(12)16(3,4)5)14(20)18-6-7-23-9-13(18)15(21)22/h8,10,13H,6-7,9H2,1-5H3,(H,21,22)/t13-/m0/s1. The van der Waals surface area contributed by atoms with Crippen molar-refractivity contribution < 1.29 is 19.4 Å². The molecular weight excluding hydrogens is 298 g/mol. The number of carbonyl (C=O) groups is 2. The average Bonchev–Trinajstić information content (AvgIpc) is 2.92. The van der Waals surface area contributed by atoms with Crippen LogP contribution in [0.2, 0.25) is 0 Å². The Morgan fingerprint density at radius 2 is 2.04 bits per heavy atom. The summed E-state index contributed by atoms with van der Waals surface area (Å²) in [7, 11) is 0. The van der Waals surface area contributed by atoms with Gasteiger partial charge in [-0.3, -0.25) is 9.48 Å². The normalized spacial score (nSPS) is 19.2. The largest absolute Gasteiger partial charge is 0.480 e. The Morgan fingerprint density at radius 3 is 2.52 bits per heavy atom. The molecule has 0 saturated carbocycles. The van der Waals surface area contributed by atoms with E-state index in [1.807, 2.05) is 39.3 Å². The Hall–Kier alpha value is -1.89. The summed E-state index contributed by atoms with van der Waals surface area (Å²) in [6.07, 6.45) is 0. The van der Waals surface area contributed by atoms with E-state index in [4.69, 9.17) is 4.74 Å². The van der Waals surface area contributed by atoms with Gasteiger partial charge in [0.25, 0.3) is 5.91 Å². The highest BCUT2D eigenvalue weighted by molar-refractivity contribution is 5.95. The molecule has 0 aromatic carbocycles. The first-order valence-electron chi connectivity index (χ1n) is 7.85. The van der Waals surface area contributed by atoms with Gasteiger partial charge in [-0.25, -0.2) is 4.79 Å². The van der Waals surface area contributed by atoms with Gasteiger partial charge in [-0.05, 0) is 32.8 Å². The van der Waals surface area contributed by atoms with Crippen LogP contribution in [0.1, 0.15) is 56.7 Å². The molecule has 23 heavy (non-hydrogen) atoms. The van der Waals surface area contributed by atoms with Crippen molar-refractivity contribution in [2.45, 2.75) is 52.1 Å². The van der Waals surface area contributed by atoms with E-state index in [1.54, 1.807) is 6.07 Å². The molecule has 128 valence electrons. The number of ether oxygens (including phenoxy) is 1. The van der Waals surface area contributed by atoms with Crippen LogP contribution in [-0.4, -0.2) is 57.5 Å². The van der Waals surface area contributed by atoms with Gasteiger partial charge >= 0.3 is 5.97 Å². The lowest BCUT2D eigenvalue weighted by Gasteiger charge is -2.32. The molecule has 0 bridgehead atoms. The van der Waals surface area contributed by atoms with Crippen LogP contribution in [0, 0.1) is 0 Å². The van der Waals surface area contributed by atoms with Gasteiger partial charge in [0.05, 0.1) is 18.8 Å². The van der Waals surface area contributed by atoms with Crippen molar-refractivity contribution in [2.24, 2.45) is 0 Å². The van der Waals surface area contributed by atoms with E-state index in [0.717, 1.165) is 5.69 Å². The Balaban J connectivity index is 2.37. The van der Waals surface area contributed by atoms with E-state index in [2.05, 4.69) is 5.10 Å². The first-order chi connectivity index (χ1) is 10.6. The molecule has 2 rings (SSSR count). The summed E-state index contributed by atoms with van der Waals surface area (Å²) in [4.78, 5) is 25.4. The van der Waals surface area contributed by atoms with E-state index in [0.29, 0.717) is 6.61 Å². The summed E-state index contributed by atoms with van der Waals surface area (Å²) in [6, 6.07) is 0.811. The minimum atomic E-state index is -1.06. The lowest BCUT2D eigenvalue weighted by atomic mass is 10.1. The lowest BCUT2D eigenvalue weighted by Crippen LogP contribution is -2.52. The molecular formula is C16H25N3O4. The molecule has 2 heterocycles. The fraction of sp³-hybridized carbons (Fsp3) is 0.688. The van der Waals surface area contributed by atoms with Gasteiger partial charge in [-0.15, -0.1) is 0 Å². The van der Waals surface area contributed by atoms with E-state index in [1.165, 1.54) is 4.90 Å². The van der Waals surface area contributed by atoms with Gasteiger partial charge in [0.15, 0.2) is 11.7 Å². The van der Waals surface area contributed by atoms with Crippen molar-refractivity contribution in [1.29, 1.82) is 0 Å². The molecule has 0 aliphatic carbocycles. The minimum absolute atomic E-state index is 0.0120. The van der Waals surface area contributed by atoms with Gasteiger partial charge in [0, 0.05) is 12.2 Å². The maximum absolute atomic E-state index is 12.8. The Labute approximate surface area is 136 Å². The Bertz CT molecular complexity index is 601. The van der Waals surface area contributed by atoms with Crippen molar-refractivity contribution in [1.82, 2.24) is 14.7 Å². The number of carbonyl (C=O) groups excluding carboxylic acids is 1. The Morgan fingerprint density at radius 1 is 1.39 bits per heavy atom. The molecule has 0 radical (unpaired) electrons. The summed E-state index contributed by atoms with van der Waals surface area (Å²) < 4.78 is 7.03. The number of aliphatic carboxylic acids is 1. The highest BCUT2D eigenvalue weighted by Crippen LogP contribution is 2.24. The van der Waals surface area contributed by atoms with E-state index in [9.17, 15) is 14.7 Å². The number of carboxylic acid groups (broad SMARTS) is 1. The first-order valence-corrected chi connectivity index (χ1v) is 7.85. The summed E-state index contributed by atoms with van der Waals surface area (Å²) in [5.41, 5.74) is 0.993. The summed E-state index contributed by atoms with van der Waals surface area (Å²) in [5, 5.41) is 13.7. The van der Waals surface area contributed by atoms with Crippen LogP contribution >= 0.6 is 0 Å². The van der Waals surface area contributed by atoms with Crippen molar-refractivity contribution in [3.8, 4) is 0 Å². The summed E-state index contributed by atoms with van der Waals surface area (Å²) >= 11 is 0. The van der Waals surface area contributed by atoms with Crippen molar-refractivity contribution in [3.63, 3.8) is 0 Å². The van der Waals surface area contributed by atoms with Gasteiger partial charge in [-0.1, -0.05) is 13.8 Å². The second kappa shape index (κ2) is 6.31. The molecule has 1 aliphatic heterocycles. The SMILES string of the molecule is CC(C)c1cc(C(=O)N2CCOC[C@H]2C(=O)O)nn1C(C)(C)C. The number of nitrogens with zero attached hydrogens (tertiary/aromatic N) is 3. The van der Waals surface area contributed by atoms with Crippen LogP contribution in [0.5, 0.6) is 0 Å². The number of amides is 1. The van der Waals surface area contributed by atoms with Crippen LogP contribution in [0.3, 0.4) is 0 Å². The predicted molar refractivity (Wildman–Crippen MR) is 84.6 cm³/mol. The van der Waals surface area contributed by atoms with E-state index in [-0.39, 0.29) is 36.2 Å². The van der Waals surface area contributed by atoms with Gasteiger partial charge in [0.1, 0.15) is 0 Å². The third-order valence-electron chi connectivity index (χ3n) is 3.86. The lowest BCUT2D eigenvalue weighted by molar-refractivity contribution is -0.147. The van der Waals surface area contributed by atoms with Crippen LogP contribution in [0.15, 0.2) is 6.07 Å². The zero-order valence-corrected chi connectivity index (χ0v) is 14.4. The number of morpholine rings is 1. The number of carboxylic acids is 1. The maximum atomic E-state index is 12.8. The second-order valence-electron chi connectivity index (χ2n) is 7.12. The third kappa shape index (κ3) is 3.55. The number of hydrogen-bond donors (Lipinski definition) is 1. The minimum Gasteiger partial charge on any atom is -0.480 e.